The molecule has 0 aliphatic carbocycles. The minimum atomic E-state index is 0.470. The van der Waals surface area contributed by atoms with Gasteiger partial charge in [0.05, 0.1) is 0 Å². The first kappa shape index (κ1) is 12.1. The summed E-state index contributed by atoms with van der Waals surface area (Å²) in [4.78, 5) is 0. The Bertz CT molecular complexity index is 302. The van der Waals surface area contributed by atoms with Gasteiger partial charge in [0.1, 0.15) is 5.75 Å². The lowest BCUT2D eigenvalue weighted by molar-refractivity contribution is 0.461. The van der Waals surface area contributed by atoms with E-state index in [2.05, 4.69) is 32.9 Å². The summed E-state index contributed by atoms with van der Waals surface area (Å²) in [6, 6.07) is 6.14. The summed E-state index contributed by atoms with van der Waals surface area (Å²) in [5.41, 5.74) is 2.33. The Hall–Kier alpha value is -0.980. The van der Waals surface area contributed by atoms with Crippen LogP contribution in [-0.4, -0.2) is 5.11 Å². The summed E-state index contributed by atoms with van der Waals surface area (Å²) < 4.78 is 0. The predicted molar refractivity (Wildman–Crippen MR) is 65.3 cm³/mol. The highest BCUT2D eigenvalue weighted by atomic mass is 16.3. The van der Waals surface area contributed by atoms with E-state index in [1.54, 1.807) is 0 Å². The van der Waals surface area contributed by atoms with Crippen LogP contribution in [0.25, 0.3) is 0 Å². The van der Waals surface area contributed by atoms with Gasteiger partial charge in [-0.15, -0.1) is 0 Å². The van der Waals surface area contributed by atoms with Gasteiger partial charge in [-0.05, 0) is 42.4 Å². The van der Waals surface area contributed by atoms with Crippen molar-refractivity contribution in [2.24, 2.45) is 5.92 Å². The molecule has 0 aromatic heterocycles. The lowest BCUT2D eigenvalue weighted by Gasteiger charge is -2.09. The molecular formula is C14H22O. The summed E-state index contributed by atoms with van der Waals surface area (Å²) in [6.07, 6.45) is 4.43. The van der Waals surface area contributed by atoms with E-state index in [1.165, 1.54) is 18.4 Å². The van der Waals surface area contributed by atoms with E-state index in [9.17, 15) is 5.11 Å². The van der Waals surface area contributed by atoms with Gasteiger partial charge in [0.2, 0.25) is 0 Å². The van der Waals surface area contributed by atoms with Crippen LogP contribution >= 0.6 is 0 Å². The van der Waals surface area contributed by atoms with Crippen LogP contribution in [0.4, 0.5) is 0 Å². The lowest BCUT2D eigenvalue weighted by atomic mass is 9.99. The number of aromatic hydroxyl groups is 1. The van der Waals surface area contributed by atoms with Crippen molar-refractivity contribution in [1.29, 1.82) is 0 Å². The van der Waals surface area contributed by atoms with Gasteiger partial charge in [-0.3, -0.25) is 0 Å². The molecule has 0 radical (unpaired) electrons. The van der Waals surface area contributed by atoms with E-state index in [1.807, 2.05) is 6.07 Å². The Balaban J connectivity index is 2.70. The molecule has 0 aliphatic heterocycles. The van der Waals surface area contributed by atoms with Crippen LogP contribution in [0.5, 0.6) is 5.75 Å². The smallest absolute Gasteiger partial charge is 0.119 e. The van der Waals surface area contributed by atoms with Gasteiger partial charge in [0, 0.05) is 0 Å². The molecule has 0 aliphatic rings. The highest BCUT2D eigenvalue weighted by Gasteiger charge is 2.04. The largest absolute Gasteiger partial charge is 0.508 e. The van der Waals surface area contributed by atoms with Crippen molar-refractivity contribution in [3.63, 3.8) is 0 Å². The van der Waals surface area contributed by atoms with Crippen LogP contribution in [-0.2, 0) is 12.8 Å². The van der Waals surface area contributed by atoms with Crippen molar-refractivity contribution in [3.05, 3.63) is 29.3 Å². The molecule has 0 saturated carbocycles. The summed E-state index contributed by atoms with van der Waals surface area (Å²) in [7, 11) is 0. The Morgan fingerprint density at radius 2 is 2.00 bits per heavy atom. The third-order valence-corrected chi connectivity index (χ3v) is 2.60. The van der Waals surface area contributed by atoms with Crippen LogP contribution < -0.4 is 0 Å². The molecule has 0 bridgehead atoms. The number of hydrogen-bond donors (Lipinski definition) is 1. The molecule has 0 unspecified atom stereocenters. The monoisotopic (exact) mass is 206 g/mol. The van der Waals surface area contributed by atoms with Gasteiger partial charge in [-0.25, -0.2) is 0 Å². The van der Waals surface area contributed by atoms with E-state index in [4.69, 9.17) is 0 Å². The molecule has 15 heavy (non-hydrogen) atoms. The molecule has 1 nitrogen and oxygen atoms in total. The maximum absolute atomic E-state index is 9.84. The highest BCUT2D eigenvalue weighted by molar-refractivity contribution is 5.36. The Labute approximate surface area is 93.1 Å². The fraction of sp³-hybridized carbons (Fsp3) is 0.571. The molecule has 0 saturated heterocycles. The molecule has 0 amide bonds. The fourth-order valence-corrected chi connectivity index (χ4v) is 1.76. The van der Waals surface area contributed by atoms with Crippen LogP contribution in [0.3, 0.4) is 0 Å². The molecule has 1 N–H and O–H groups in total. The van der Waals surface area contributed by atoms with Gasteiger partial charge in [-0.2, -0.15) is 0 Å². The fourth-order valence-electron chi connectivity index (χ4n) is 1.76. The second kappa shape index (κ2) is 5.79. The van der Waals surface area contributed by atoms with E-state index in [-0.39, 0.29) is 0 Å². The van der Waals surface area contributed by atoms with Crippen LogP contribution in [0.15, 0.2) is 18.2 Å². The molecule has 0 atom stereocenters. The molecule has 1 heteroatoms. The number of benzene rings is 1. The zero-order chi connectivity index (χ0) is 11.3. The molecule has 0 spiro atoms. The second-order valence-electron chi connectivity index (χ2n) is 4.66. The normalized spacial score (nSPS) is 10.9. The van der Waals surface area contributed by atoms with E-state index < -0.39 is 0 Å². The maximum Gasteiger partial charge on any atom is 0.119 e. The first-order valence-electron chi connectivity index (χ1n) is 5.94. The molecule has 1 rings (SSSR count). The van der Waals surface area contributed by atoms with Gasteiger partial charge < -0.3 is 5.11 Å². The van der Waals surface area contributed by atoms with Crippen LogP contribution in [0, 0.1) is 5.92 Å². The minimum absolute atomic E-state index is 0.470. The van der Waals surface area contributed by atoms with Crippen molar-refractivity contribution >= 4 is 0 Å². The van der Waals surface area contributed by atoms with Gasteiger partial charge >= 0.3 is 0 Å². The van der Waals surface area contributed by atoms with E-state index in [0.29, 0.717) is 11.7 Å². The van der Waals surface area contributed by atoms with Gasteiger partial charge in [-0.1, -0.05) is 39.3 Å². The Kier molecular flexibility index (Phi) is 4.67. The summed E-state index contributed by atoms with van der Waals surface area (Å²) in [6.45, 7) is 6.53. The minimum Gasteiger partial charge on any atom is -0.508 e. The number of unbranched alkanes of at least 4 members (excludes halogenated alkanes) is 1. The maximum atomic E-state index is 9.84. The molecule has 0 heterocycles. The summed E-state index contributed by atoms with van der Waals surface area (Å²) in [5.74, 6) is 1.06. The second-order valence-corrected chi connectivity index (χ2v) is 4.66. The molecule has 0 fully saturated rings. The lowest BCUT2D eigenvalue weighted by Crippen LogP contribution is -1.95. The SMILES string of the molecule is CCCCc1ccc(CC(C)C)c(O)c1. The van der Waals surface area contributed by atoms with Gasteiger partial charge in [0.25, 0.3) is 0 Å². The summed E-state index contributed by atoms with van der Waals surface area (Å²) >= 11 is 0. The molecular weight excluding hydrogens is 184 g/mol. The Morgan fingerprint density at radius 3 is 2.53 bits per heavy atom. The van der Waals surface area contributed by atoms with Crippen molar-refractivity contribution in [3.8, 4) is 5.75 Å². The quantitative estimate of drug-likeness (QED) is 0.773. The third kappa shape index (κ3) is 3.94. The van der Waals surface area contributed by atoms with Crippen molar-refractivity contribution < 1.29 is 5.11 Å². The standard InChI is InChI=1S/C14H22O/c1-4-5-6-12-7-8-13(9-11(2)3)14(15)10-12/h7-8,10-11,15H,4-6,9H2,1-3H3. The number of aryl methyl sites for hydroxylation is 1. The first-order valence-corrected chi connectivity index (χ1v) is 5.94. The average molecular weight is 206 g/mol. The summed E-state index contributed by atoms with van der Waals surface area (Å²) in [5, 5.41) is 9.84. The Morgan fingerprint density at radius 1 is 1.27 bits per heavy atom. The number of rotatable bonds is 5. The molecule has 1 aromatic carbocycles. The zero-order valence-electron chi connectivity index (χ0n) is 10.1. The number of phenolic OH excluding ortho intramolecular Hbond substituents is 1. The zero-order valence-corrected chi connectivity index (χ0v) is 10.1. The topological polar surface area (TPSA) is 20.2 Å². The molecule has 84 valence electrons. The predicted octanol–water partition coefficient (Wildman–Crippen LogP) is 3.93. The average Bonchev–Trinajstić information content (AvgIpc) is 2.18. The number of hydrogen-bond acceptors (Lipinski definition) is 1. The first-order chi connectivity index (χ1) is 7.13. The van der Waals surface area contributed by atoms with Crippen LogP contribution in [0.2, 0.25) is 0 Å². The van der Waals surface area contributed by atoms with Gasteiger partial charge in [0.15, 0.2) is 0 Å². The van der Waals surface area contributed by atoms with Crippen LogP contribution in [0.1, 0.15) is 44.7 Å². The number of phenols is 1. The van der Waals surface area contributed by atoms with Crippen molar-refractivity contribution in [1.82, 2.24) is 0 Å². The highest BCUT2D eigenvalue weighted by Crippen LogP contribution is 2.22. The van der Waals surface area contributed by atoms with Crippen molar-refractivity contribution in [2.75, 3.05) is 0 Å². The van der Waals surface area contributed by atoms with Crippen molar-refractivity contribution in [2.45, 2.75) is 46.5 Å². The van der Waals surface area contributed by atoms with E-state index in [0.717, 1.165) is 18.4 Å². The van der Waals surface area contributed by atoms with E-state index >= 15 is 0 Å². The third-order valence-electron chi connectivity index (χ3n) is 2.60. The molecule has 1 aromatic rings.